The Labute approximate surface area is 161 Å². The minimum atomic E-state index is -0.250. The number of benzene rings is 1. The van der Waals surface area contributed by atoms with Gasteiger partial charge in [-0.25, -0.2) is 0 Å². The molecule has 0 saturated heterocycles. The first-order valence-corrected chi connectivity index (χ1v) is 9.91. The van der Waals surface area contributed by atoms with Crippen molar-refractivity contribution in [1.82, 2.24) is 4.90 Å². The molecule has 5 heteroatoms. The second-order valence-electron chi connectivity index (χ2n) is 5.30. The Bertz CT molecular complexity index is 680. The molecule has 1 aliphatic rings. The minimum Gasteiger partial charge on any atom is -0.483 e. The Morgan fingerprint density at radius 2 is 1.77 bits per heavy atom. The molecular formula is C21H31NO3S. The van der Waals surface area contributed by atoms with Gasteiger partial charge >= 0.3 is 0 Å². The lowest BCUT2D eigenvalue weighted by Crippen LogP contribution is -2.26. The summed E-state index contributed by atoms with van der Waals surface area (Å²) in [6.45, 7) is 11.8. The van der Waals surface area contributed by atoms with Gasteiger partial charge in [-0.05, 0) is 49.0 Å². The number of fused-ring (bicyclic) bond motifs is 1. The average Bonchev–Trinajstić information content (AvgIpc) is 3.10. The molecule has 0 saturated carbocycles. The van der Waals surface area contributed by atoms with E-state index >= 15 is 0 Å². The molecule has 0 amide bonds. The normalized spacial score (nSPS) is 12.1. The third kappa shape index (κ3) is 6.73. The summed E-state index contributed by atoms with van der Waals surface area (Å²) in [5.74, 6) is 0.153. The van der Waals surface area contributed by atoms with Crippen molar-refractivity contribution < 1.29 is 14.7 Å². The Morgan fingerprint density at radius 3 is 2.31 bits per heavy atom. The summed E-state index contributed by atoms with van der Waals surface area (Å²) < 4.78 is 0. The van der Waals surface area contributed by atoms with Crippen LogP contribution in [0.5, 0.6) is 0 Å². The lowest BCUT2D eigenvalue weighted by Gasteiger charge is -2.25. The lowest BCUT2D eigenvalue weighted by atomic mass is 9.94. The van der Waals surface area contributed by atoms with E-state index in [0.717, 1.165) is 35.5 Å². The lowest BCUT2D eigenvalue weighted by molar-refractivity contribution is -0.122. The molecule has 0 unspecified atom stereocenters. The van der Waals surface area contributed by atoms with Crippen LogP contribution in [-0.2, 0) is 17.8 Å². The molecule has 1 aromatic carbocycles. The van der Waals surface area contributed by atoms with Crippen molar-refractivity contribution in [2.24, 2.45) is 0 Å². The van der Waals surface area contributed by atoms with E-state index in [2.05, 4.69) is 24.1 Å². The van der Waals surface area contributed by atoms with E-state index in [4.69, 9.17) is 9.90 Å². The second-order valence-corrected chi connectivity index (χ2v) is 6.42. The average molecular weight is 378 g/mol. The van der Waals surface area contributed by atoms with Gasteiger partial charge in [-0.3, -0.25) is 9.59 Å². The van der Waals surface area contributed by atoms with E-state index in [-0.39, 0.29) is 12.3 Å². The molecule has 144 valence electrons. The van der Waals surface area contributed by atoms with Gasteiger partial charge in [0, 0.05) is 29.1 Å². The molecule has 26 heavy (non-hydrogen) atoms. The predicted molar refractivity (Wildman–Crippen MR) is 110 cm³/mol. The highest BCUT2D eigenvalue weighted by molar-refractivity contribution is 7.10. The van der Waals surface area contributed by atoms with Crippen molar-refractivity contribution in [1.29, 1.82) is 0 Å². The van der Waals surface area contributed by atoms with Crippen molar-refractivity contribution in [2.75, 3.05) is 13.6 Å². The van der Waals surface area contributed by atoms with Crippen LogP contribution in [0.1, 0.15) is 59.6 Å². The van der Waals surface area contributed by atoms with E-state index < -0.39 is 0 Å². The molecule has 0 bridgehead atoms. The summed E-state index contributed by atoms with van der Waals surface area (Å²) in [6.07, 6.45) is 1.04. The van der Waals surface area contributed by atoms with Crippen LogP contribution in [0.15, 0.2) is 29.6 Å². The number of nitrogens with zero attached hydrogens (tertiary/aromatic N) is 1. The molecule has 0 atom stereocenters. The summed E-state index contributed by atoms with van der Waals surface area (Å²) in [5.41, 5.74) is 4.35. The number of hydrogen-bond acceptors (Lipinski definition) is 4. The van der Waals surface area contributed by atoms with Gasteiger partial charge in [0.25, 0.3) is 6.47 Å². The van der Waals surface area contributed by atoms with Crippen LogP contribution < -0.4 is 0 Å². The highest BCUT2D eigenvalue weighted by atomic mass is 32.1. The first-order valence-electron chi connectivity index (χ1n) is 9.03. The van der Waals surface area contributed by atoms with E-state index in [1.165, 1.54) is 11.1 Å². The first-order chi connectivity index (χ1) is 12.6. The zero-order chi connectivity index (χ0) is 20.1. The van der Waals surface area contributed by atoms with Gasteiger partial charge in [-0.2, -0.15) is 0 Å². The number of hydrogen-bond donors (Lipinski definition) is 1. The van der Waals surface area contributed by atoms with Gasteiger partial charge in [0.15, 0.2) is 5.78 Å². The number of likely N-dealkylation sites (N-methyl/N-ethyl adjacent to an activating group) is 1. The Kier molecular flexibility index (Phi) is 12.2. The fourth-order valence-electron chi connectivity index (χ4n) is 2.61. The fourth-order valence-corrected chi connectivity index (χ4v) is 3.31. The number of thiophene rings is 1. The third-order valence-corrected chi connectivity index (χ3v) is 4.62. The SMILES string of the molecule is CC.CC.Cc1sccc1C(=O)c1ccc2c(c1)CCN(C)C2.O=CO. The van der Waals surface area contributed by atoms with Crippen molar-refractivity contribution in [3.05, 3.63) is 56.8 Å². The van der Waals surface area contributed by atoms with E-state index in [0.29, 0.717) is 0 Å². The van der Waals surface area contributed by atoms with Gasteiger partial charge in [0.05, 0.1) is 0 Å². The van der Waals surface area contributed by atoms with Crippen molar-refractivity contribution in [3.63, 3.8) is 0 Å². The number of carboxylic acid groups (broad SMARTS) is 1. The van der Waals surface area contributed by atoms with Gasteiger partial charge < -0.3 is 10.0 Å². The maximum atomic E-state index is 12.5. The van der Waals surface area contributed by atoms with Gasteiger partial charge in [0.1, 0.15) is 0 Å². The van der Waals surface area contributed by atoms with Crippen LogP contribution in [0.4, 0.5) is 0 Å². The molecule has 2 aromatic rings. The maximum Gasteiger partial charge on any atom is 0.290 e. The summed E-state index contributed by atoms with van der Waals surface area (Å²) in [5, 5.41) is 8.87. The molecule has 0 aliphatic carbocycles. The summed E-state index contributed by atoms with van der Waals surface area (Å²) in [4.78, 5) is 24.2. The number of aryl methyl sites for hydroxylation is 1. The highest BCUT2D eigenvalue weighted by Gasteiger charge is 2.17. The molecule has 0 fully saturated rings. The number of carbonyl (C=O) groups is 2. The Balaban J connectivity index is 0.000000793. The van der Waals surface area contributed by atoms with Crippen LogP contribution in [0.2, 0.25) is 0 Å². The largest absolute Gasteiger partial charge is 0.483 e. The van der Waals surface area contributed by atoms with E-state index in [9.17, 15) is 4.79 Å². The standard InChI is InChI=1S/C16H17NOS.2C2H6.CH2O2/c1-11-15(6-8-19-11)16(18)13-3-4-14-10-17(2)7-5-12(14)9-13;2*1-2;2-1-3/h3-4,6,8-9H,5,7,10H2,1-2H3;2*1-2H3;1H,(H,2,3). The van der Waals surface area contributed by atoms with Crippen molar-refractivity contribution >= 4 is 23.6 Å². The molecule has 2 heterocycles. The van der Waals surface area contributed by atoms with Crippen LogP contribution in [0, 0.1) is 6.92 Å². The van der Waals surface area contributed by atoms with Crippen molar-refractivity contribution in [2.45, 2.75) is 47.6 Å². The minimum absolute atomic E-state index is 0.153. The molecule has 1 aliphatic heterocycles. The second kappa shape index (κ2) is 13.3. The molecule has 1 N–H and O–H groups in total. The summed E-state index contributed by atoms with van der Waals surface area (Å²) in [7, 11) is 2.14. The van der Waals surface area contributed by atoms with Gasteiger partial charge in [-0.1, -0.05) is 39.8 Å². The molecule has 0 spiro atoms. The molecule has 3 rings (SSSR count). The quantitative estimate of drug-likeness (QED) is 0.589. The van der Waals surface area contributed by atoms with E-state index in [1.807, 2.05) is 52.1 Å². The van der Waals surface area contributed by atoms with Crippen LogP contribution in [-0.4, -0.2) is 35.9 Å². The Hall–Kier alpha value is -1.98. The van der Waals surface area contributed by atoms with Crippen LogP contribution in [0.3, 0.4) is 0 Å². The fraction of sp³-hybridized carbons (Fsp3) is 0.429. The van der Waals surface area contributed by atoms with Crippen LogP contribution in [0.25, 0.3) is 0 Å². The van der Waals surface area contributed by atoms with Gasteiger partial charge in [-0.15, -0.1) is 11.3 Å². The zero-order valence-electron chi connectivity index (χ0n) is 16.7. The number of rotatable bonds is 2. The van der Waals surface area contributed by atoms with Gasteiger partial charge in [0.2, 0.25) is 0 Å². The number of ketones is 1. The zero-order valence-corrected chi connectivity index (χ0v) is 17.5. The molecular weight excluding hydrogens is 346 g/mol. The molecule has 1 aromatic heterocycles. The predicted octanol–water partition coefficient (Wildman–Crippen LogP) is 5.03. The molecule has 4 nitrogen and oxygen atoms in total. The topological polar surface area (TPSA) is 57.6 Å². The highest BCUT2D eigenvalue weighted by Crippen LogP contribution is 2.23. The first kappa shape index (κ1) is 24.0. The maximum absolute atomic E-state index is 12.5. The van der Waals surface area contributed by atoms with Crippen molar-refractivity contribution in [3.8, 4) is 0 Å². The smallest absolute Gasteiger partial charge is 0.290 e. The Morgan fingerprint density at radius 1 is 1.15 bits per heavy atom. The molecule has 0 radical (unpaired) electrons. The number of carbonyl (C=O) groups excluding carboxylic acids is 1. The monoisotopic (exact) mass is 377 g/mol. The summed E-state index contributed by atoms with van der Waals surface area (Å²) in [6, 6.07) is 8.09. The van der Waals surface area contributed by atoms with E-state index in [1.54, 1.807) is 11.3 Å². The van der Waals surface area contributed by atoms with Crippen LogP contribution >= 0.6 is 11.3 Å². The summed E-state index contributed by atoms with van der Waals surface area (Å²) >= 11 is 1.63. The third-order valence-electron chi connectivity index (χ3n) is 3.78.